The maximum Gasteiger partial charge on any atom is 0.200 e. The van der Waals surface area contributed by atoms with Gasteiger partial charge in [0.25, 0.3) is 0 Å². The van der Waals surface area contributed by atoms with Crippen molar-refractivity contribution in [3.05, 3.63) is 5.82 Å². The van der Waals surface area contributed by atoms with Gasteiger partial charge < -0.3 is 4.74 Å². The molecular weight excluding hydrogens is 168 g/mol. The summed E-state index contributed by atoms with van der Waals surface area (Å²) in [5.41, 5.74) is 0. The number of aromatic amines is 1. The predicted octanol–water partition coefficient (Wildman–Crippen LogP) is 1.05. The monoisotopic (exact) mass is 182 g/mol. The van der Waals surface area contributed by atoms with E-state index in [0.717, 1.165) is 0 Å². The van der Waals surface area contributed by atoms with Crippen LogP contribution >= 0.6 is 0 Å². The summed E-state index contributed by atoms with van der Waals surface area (Å²) in [4.78, 5) is 0. The largest absolute Gasteiger partial charge is 0.370 e. The minimum absolute atomic E-state index is 0.409. The fourth-order valence-corrected chi connectivity index (χ4v) is 1.67. The van der Waals surface area contributed by atoms with Crippen LogP contribution in [0.3, 0.4) is 0 Å². The molecule has 2 rings (SSSR count). The Bertz CT molecular complexity index is 230. The molecule has 5 heteroatoms. The standard InChI is InChI=1S/C8H14N4O/c1-2-4-7(5-3-1)13-6-8-9-11-12-10-8/h7H,1-6H2,(H,9,10,11,12). The molecule has 0 aromatic carbocycles. The Kier molecular flexibility index (Phi) is 2.86. The van der Waals surface area contributed by atoms with E-state index in [9.17, 15) is 0 Å². The van der Waals surface area contributed by atoms with E-state index in [1.165, 1.54) is 32.1 Å². The molecule has 72 valence electrons. The minimum Gasteiger partial charge on any atom is -0.370 e. The number of tetrazole rings is 1. The summed E-state index contributed by atoms with van der Waals surface area (Å²) < 4.78 is 5.64. The second-order valence-corrected chi connectivity index (χ2v) is 3.40. The molecule has 0 radical (unpaired) electrons. The molecule has 1 aliphatic rings. The lowest BCUT2D eigenvalue weighted by molar-refractivity contribution is 0.0135. The van der Waals surface area contributed by atoms with Crippen molar-refractivity contribution in [3.63, 3.8) is 0 Å². The number of nitrogens with zero attached hydrogens (tertiary/aromatic N) is 3. The SMILES string of the molecule is C1CCC(OCc2nn[nH]n2)CC1. The molecule has 1 aromatic heterocycles. The van der Waals surface area contributed by atoms with Crippen LogP contribution in [0.15, 0.2) is 0 Å². The first-order chi connectivity index (χ1) is 6.45. The molecule has 0 amide bonds. The molecule has 0 saturated heterocycles. The van der Waals surface area contributed by atoms with Gasteiger partial charge in [-0.25, -0.2) is 0 Å². The first kappa shape index (κ1) is 8.62. The van der Waals surface area contributed by atoms with E-state index < -0.39 is 0 Å². The summed E-state index contributed by atoms with van der Waals surface area (Å²) in [6.07, 6.45) is 6.69. The lowest BCUT2D eigenvalue weighted by Gasteiger charge is -2.20. The average Bonchev–Trinajstić information content (AvgIpc) is 2.69. The van der Waals surface area contributed by atoms with Gasteiger partial charge in [-0.2, -0.15) is 5.21 Å². The van der Waals surface area contributed by atoms with Gasteiger partial charge in [0.1, 0.15) is 6.61 Å². The van der Waals surface area contributed by atoms with E-state index in [0.29, 0.717) is 18.5 Å². The minimum atomic E-state index is 0.409. The molecule has 1 aliphatic carbocycles. The van der Waals surface area contributed by atoms with Crippen LogP contribution in [-0.2, 0) is 11.3 Å². The summed E-state index contributed by atoms with van der Waals surface area (Å²) in [6, 6.07) is 0. The quantitative estimate of drug-likeness (QED) is 0.758. The van der Waals surface area contributed by atoms with Crippen molar-refractivity contribution in [1.29, 1.82) is 0 Å². The van der Waals surface area contributed by atoms with Crippen LogP contribution in [-0.4, -0.2) is 26.7 Å². The van der Waals surface area contributed by atoms with E-state index in [4.69, 9.17) is 4.74 Å². The second kappa shape index (κ2) is 4.32. The lowest BCUT2D eigenvalue weighted by atomic mass is 9.98. The van der Waals surface area contributed by atoms with Gasteiger partial charge in [0.2, 0.25) is 0 Å². The first-order valence-corrected chi connectivity index (χ1v) is 4.79. The molecule has 1 fully saturated rings. The molecule has 1 aromatic rings. The van der Waals surface area contributed by atoms with E-state index in [1.807, 2.05) is 0 Å². The maximum atomic E-state index is 5.64. The van der Waals surface area contributed by atoms with Crippen LogP contribution in [0.1, 0.15) is 37.9 Å². The summed E-state index contributed by atoms with van der Waals surface area (Å²) in [7, 11) is 0. The molecule has 5 nitrogen and oxygen atoms in total. The van der Waals surface area contributed by atoms with Crippen LogP contribution in [0, 0.1) is 0 Å². The van der Waals surface area contributed by atoms with Crippen molar-refractivity contribution in [2.45, 2.75) is 44.8 Å². The third-order valence-electron chi connectivity index (χ3n) is 2.39. The van der Waals surface area contributed by atoms with Gasteiger partial charge in [-0.1, -0.05) is 24.5 Å². The molecule has 0 spiro atoms. The van der Waals surface area contributed by atoms with Crippen LogP contribution in [0.4, 0.5) is 0 Å². The summed E-state index contributed by atoms with van der Waals surface area (Å²) in [6.45, 7) is 0.487. The molecule has 0 unspecified atom stereocenters. The maximum absolute atomic E-state index is 5.64. The van der Waals surface area contributed by atoms with Crippen LogP contribution in [0.2, 0.25) is 0 Å². The van der Waals surface area contributed by atoms with E-state index in [2.05, 4.69) is 20.6 Å². The summed E-state index contributed by atoms with van der Waals surface area (Å²) in [5.74, 6) is 0.644. The smallest absolute Gasteiger partial charge is 0.200 e. The highest BCUT2D eigenvalue weighted by Gasteiger charge is 2.14. The fraction of sp³-hybridized carbons (Fsp3) is 0.875. The zero-order chi connectivity index (χ0) is 8.93. The van der Waals surface area contributed by atoms with Gasteiger partial charge in [0, 0.05) is 0 Å². The van der Waals surface area contributed by atoms with Crippen molar-refractivity contribution in [2.24, 2.45) is 0 Å². The Morgan fingerprint density at radius 3 is 2.85 bits per heavy atom. The number of aromatic nitrogens is 4. The number of hydrogen-bond donors (Lipinski definition) is 1. The summed E-state index contributed by atoms with van der Waals surface area (Å²) >= 11 is 0. The molecule has 0 atom stereocenters. The van der Waals surface area contributed by atoms with Crippen molar-refractivity contribution in [3.8, 4) is 0 Å². The normalized spacial score (nSPS) is 19.1. The topological polar surface area (TPSA) is 63.7 Å². The van der Waals surface area contributed by atoms with Crippen molar-refractivity contribution in [1.82, 2.24) is 20.6 Å². The van der Waals surface area contributed by atoms with Crippen LogP contribution < -0.4 is 0 Å². The Morgan fingerprint density at radius 1 is 1.31 bits per heavy atom. The Morgan fingerprint density at radius 2 is 2.15 bits per heavy atom. The highest BCUT2D eigenvalue weighted by Crippen LogP contribution is 2.20. The zero-order valence-corrected chi connectivity index (χ0v) is 7.57. The molecule has 1 N–H and O–H groups in total. The Balaban J connectivity index is 1.72. The first-order valence-electron chi connectivity index (χ1n) is 4.79. The molecule has 13 heavy (non-hydrogen) atoms. The van der Waals surface area contributed by atoms with Gasteiger partial charge in [0.15, 0.2) is 5.82 Å². The van der Waals surface area contributed by atoms with E-state index >= 15 is 0 Å². The van der Waals surface area contributed by atoms with Gasteiger partial charge >= 0.3 is 0 Å². The van der Waals surface area contributed by atoms with E-state index in [-0.39, 0.29) is 0 Å². The van der Waals surface area contributed by atoms with Crippen molar-refractivity contribution < 1.29 is 4.74 Å². The van der Waals surface area contributed by atoms with Gasteiger partial charge in [-0.3, -0.25) is 0 Å². The lowest BCUT2D eigenvalue weighted by Crippen LogP contribution is -2.16. The predicted molar refractivity (Wildman–Crippen MR) is 45.8 cm³/mol. The van der Waals surface area contributed by atoms with Crippen LogP contribution in [0.25, 0.3) is 0 Å². The average molecular weight is 182 g/mol. The number of ether oxygens (including phenoxy) is 1. The second-order valence-electron chi connectivity index (χ2n) is 3.40. The number of rotatable bonds is 3. The highest BCUT2D eigenvalue weighted by atomic mass is 16.5. The van der Waals surface area contributed by atoms with Gasteiger partial charge in [-0.15, -0.1) is 10.2 Å². The van der Waals surface area contributed by atoms with E-state index in [1.54, 1.807) is 0 Å². The fourth-order valence-electron chi connectivity index (χ4n) is 1.67. The van der Waals surface area contributed by atoms with Crippen molar-refractivity contribution in [2.75, 3.05) is 0 Å². The zero-order valence-electron chi connectivity index (χ0n) is 7.57. The van der Waals surface area contributed by atoms with Crippen molar-refractivity contribution >= 4 is 0 Å². The molecular formula is C8H14N4O. The Labute approximate surface area is 76.9 Å². The van der Waals surface area contributed by atoms with Gasteiger partial charge in [0.05, 0.1) is 6.10 Å². The summed E-state index contributed by atoms with van der Waals surface area (Å²) in [5, 5.41) is 13.5. The number of H-pyrrole nitrogens is 1. The Hall–Kier alpha value is -0.970. The number of nitrogens with one attached hydrogen (secondary N) is 1. The molecule has 1 saturated carbocycles. The molecule has 0 aliphatic heterocycles. The molecule has 1 heterocycles. The third-order valence-corrected chi connectivity index (χ3v) is 2.39. The third kappa shape index (κ3) is 2.48. The van der Waals surface area contributed by atoms with Crippen LogP contribution in [0.5, 0.6) is 0 Å². The highest BCUT2D eigenvalue weighted by molar-refractivity contribution is 4.72. The number of hydrogen-bond acceptors (Lipinski definition) is 4. The van der Waals surface area contributed by atoms with Gasteiger partial charge in [-0.05, 0) is 12.8 Å². The molecule has 0 bridgehead atoms.